The lowest BCUT2D eigenvalue weighted by atomic mass is 10.0. The Morgan fingerprint density at radius 2 is 1.81 bits per heavy atom. The van der Waals surface area contributed by atoms with Crippen molar-refractivity contribution in [2.75, 3.05) is 25.4 Å². The van der Waals surface area contributed by atoms with Crippen LogP contribution in [0.3, 0.4) is 0 Å². The quantitative estimate of drug-likeness (QED) is 0.123. The van der Waals surface area contributed by atoms with Gasteiger partial charge in [-0.15, -0.1) is 11.8 Å². The number of β-lactam (4-membered cyclic amide) rings is 1. The van der Waals surface area contributed by atoms with Crippen LogP contribution in [0.25, 0.3) is 0 Å². The minimum absolute atomic E-state index is 0.0900. The standard InChI is InChI=1S/C29H28N6O11S/c1-14(36)46-12-16-13-47-27-21(24(40)35(27)22(16)28(43)44)31-23(39)20(15-5-3-2-4-6-15)32-29(45)34-8-7-33(25(41)26(34)42)11-17-9-18(37)19(38)10-30-17/h2-6,9-10,20-21,27,38H,7-8,11-13H2,1H3,(H,30,37)(H,31,39)(H,32,45)(H,43,44)/t20?,21-,27+/m1/s1. The van der Waals surface area contributed by atoms with E-state index < -0.39 is 70.2 Å². The number of urea groups is 1. The number of fused-ring (bicyclic) bond motifs is 1. The molecule has 3 atom stereocenters. The maximum atomic E-state index is 13.6. The Balaban J connectivity index is 1.28. The number of pyridine rings is 1. The highest BCUT2D eigenvalue weighted by atomic mass is 32.2. The maximum absolute atomic E-state index is 13.6. The van der Waals surface area contributed by atoms with Crippen molar-refractivity contribution in [1.29, 1.82) is 0 Å². The number of aromatic nitrogens is 1. The second-order valence-corrected chi connectivity index (χ2v) is 11.7. The molecule has 0 aliphatic carbocycles. The molecule has 2 saturated heterocycles. The van der Waals surface area contributed by atoms with E-state index in [1.54, 1.807) is 18.2 Å². The Labute approximate surface area is 269 Å². The third-order valence-electron chi connectivity index (χ3n) is 7.53. The molecule has 0 radical (unpaired) electrons. The van der Waals surface area contributed by atoms with Crippen LogP contribution in [0, 0.1) is 0 Å². The van der Waals surface area contributed by atoms with Gasteiger partial charge in [-0.25, -0.2) is 9.59 Å². The number of esters is 1. The number of carboxylic acid groups (broad SMARTS) is 1. The number of H-pyrrole nitrogens is 1. The van der Waals surface area contributed by atoms with E-state index in [9.17, 15) is 48.6 Å². The molecule has 2 fully saturated rings. The van der Waals surface area contributed by atoms with Gasteiger partial charge in [0.05, 0.1) is 6.54 Å². The molecule has 0 bridgehead atoms. The van der Waals surface area contributed by atoms with E-state index >= 15 is 0 Å². The Bertz CT molecular complexity index is 1760. The summed E-state index contributed by atoms with van der Waals surface area (Å²) in [6, 6.07) is 5.39. The van der Waals surface area contributed by atoms with Crippen molar-refractivity contribution in [1.82, 2.24) is 30.3 Å². The number of ether oxygens (including phenoxy) is 1. The highest BCUT2D eigenvalue weighted by Crippen LogP contribution is 2.40. The lowest BCUT2D eigenvalue weighted by Crippen LogP contribution is -2.71. The average molecular weight is 669 g/mol. The van der Waals surface area contributed by atoms with Crippen LogP contribution in [-0.2, 0) is 40.0 Å². The zero-order valence-electron chi connectivity index (χ0n) is 24.6. The summed E-state index contributed by atoms with van der Waals surface area (Å²) < 4.78 is 4.92. The summed E-state index contributed by atoms with van der Waals surface area (Å²) in [6.45, 7) is 0.356. The zero-order valence-corrected chi connectivity index (χ0v) is 25.4. The second kappa shape index (κ2) is 13.4. The number of imide groups is 1. The number of aliphatic carboxylic acids is 1. The van der Waals surface area contributed by atoms with Gasteiger partial charge in [0.15, 0.2) is 5.75 Å². The lowest BCUT2D eigenvalue weighted by Gasteiger charge is -2.49. The van der Waals surface area contributed by atoms with Crippen LogP contribution in [0.2, 0.25) is 0 Å². The van der Waals surface area contributed by atoms with E-state index in [0.717, 1.165) is 33.8 Å². The van der Waals surface area contributed by atoms with Crippen molar-refractivity contribution >= 4 is 53.4 Å². The van der Waals surface area contributed by atoms with E-state index in [1.165, 1.54) is 19.1 Å². The molecule has 0 saturated carbocycles. The number of nitrogens with zero attached hydrogens (tertiary/aromatic N) is 3. The summed E-state index contributed by atoms with van der Waals surface area (Å²) in [5.41, 5.74) is -0.252. The minimum atomic E-state index is -1.42. The van der Waals surface area contributed by atoms with E-state index in [2.05, 4.69) is 15.6 Å². The first-order chi connectivity index (χ1) is 22.4. The number of aromatic amines is 1. The molecule has 5 rings (SSSR count). The highest BCUT2D eigenvalue weighted by Gasteiger charge is 2.54. The molecule has 47 heavy (non-hydrogen) atoms. The van der Waals surface area contributed by atoms with Crippen LogP contribution in [-0.4, -0.2) is 108 Å². The van der Waals surface area contributed by atoms with Crippen LogP contribution in [0.5, 0.6) is 5.75 Å². The first-order valence-electron chi connectivity index (χ1n) is 14.1. The number of amides is 6. The average Bonchev–Trinajstić information content (AvgIpc) is 3.04. The molecule has 3 aliphatic rings. The van der Waals surface area contributed by atoms with Gasteiger partial charge in [-0.2, -0.15) is 0 Å². The van der Waals surface area contributed by atoms with Crippen molar-refractivity contribution in [2.45, 2.75) is 30.9 Å². The van der Waals surface area contributed by atoms with Gasteiger partial charge in [-0.3, -0.25) is 38.6 Å². The van der Waals surface area contributed by atoms with Crippen LogP contribution >= 0.6 is 11.8 Å². The molecule has 6 amide bonds. The molecule has 17 nitrogen and oxygen atoms in total. The van der Waals surface area contributed by atoms with E-state index in [1.807, 2.05) is 0 Å². The summed E-state index contributed by atoms with van der Waals surface area (Å²) >= 11 is 1.16. The molecular weight excluding hydrogens is 640 g/mol. The monoisotopic (exact) mass is 668 g/mol. The summed E-state index contributed by atoms with van der Waals surface area (Å²) in [5.74, 6) is -6.20. The van der Waals surface area contributed by atoms with Crippen LogP contribution in [0.15, 0.2) is 58.7 Å². The summed E-state index contributed by atoms with van der Waals surface area (Å²) in [4.78, 5) is 106. The number of nitrogens with one attached hydrogen (secondary N) is 3. The number of hydrogen-bond acceptors (Lipinski definition) is 11. The number of aromatic hydroxyl groups is 1. The Kier molecular flexibility index (Phi) is 9.31. The van der Waals surface area contributed by atoms with Crippen LogP contribution in [0.4, 0.5) is 4.79 Å². The number of carbonyl (C=O) groups excluding carboxylic acids is 6. The third kappa shape index (κ3) is 6.67. The van der Waals surface area contributed by atoms with E-state index in [0.29, 0.717) is 10.5 Å². The number of hydrogen-bond donors (Lipinski definition) is 5. The summed E-state index contributed by atoms with van der Waals surface area (Å²) in [6.07, 6.45) is 1.05. The predicted octanol–water partition coefficient (Wildman–Crippen LogP) is -0.996. The highest BCUT2D eigenvalue weighted by molar-refractivity contribution is 8.00. The molecular formula is C29H28N6O11S. The van der Waals surface area contributed by atoms with Crippen molar-refractivity contribution in [3.63, 3.8) is 0 Å². The van der Waals surface area contributed by atoms with Gasteiger partial charge < -0.3 is 35.5 Å². The molecule has 1 aromatic carbocycles. The summed E-state index contributed by atoms with van der Waals surface area (Å²) in [7, 11) is 0. The fourth-order valence-electron chi connectivity index (χ4n) is 5.19. The van der Waals surface area contributed by atoms with Crippen molar-refractivity contribution in [3.05, 3.63) is 75.3 Å². The number of carboxylic acids is 1. The van der Waals surface area contributed by atoms with Gasteiger partial charge >= 0.3 is 29.8 Å². The molecule has 2 aromatic rings. The summed E-state index contributed by atoms with van der Waals surface area (Å²) in [5, 5.41) is 23.4. The molecule has 18 heteroatoms. The molecule has 5 N–H and O–H groups in total. The smallest absolute Gasteiger partial charge is 0.352 e. The number of rotatable bonds is 9. The maximum Gasteiger partial charge on any atom is 0.352 e. The zero-order chi connectivity index (χ0) is 34.0. The molecule has 3 aliphatic heterocycles. The SMILES string of the molecule is CC(=O)OCC1=C(C(=O)O)N2C(=O)[C@@H](NC(=O)C(NC(=O)N3CCN(Cc4cc(=O)c(O)c[nH]4)C(=O)C3=O)c3ccccc3)[C@@H]2SC1. The molecule has 1 aromatic heterocycles. The van der Waals surface area contributed by atoms with E-state index in [4.69, 9.17) is 4.74 Å². The van der Waals surface area contributed by atoms with Gasteiger partial charge in [-0.1, -0.05) is 30.3 Å². The Hall–Kier alpha value is -5.65. The first kappa shape index (κ1) is 32.7. The lowest BCUT2D eigenvalue weighted by molar-refractivity contribution is -0.154. The topological polar surface area (TPSA) is 236 Å². The molecule has 0 spiro atoms. The molecule has 246 valence electrons. The number of benzene rings is 1. The Morgan fingerprint density at radius 1 is 1.09 bits per heavy atom. The van der Waals surface area contributed by atoms with Crippen molar-refractivity contribution in [2.24, 2.45) is 0 Å². The second-order valence-electron chi connectivity index (χ2n) is 10.6. The third-order valence-corrected chi connectivity index (χ3v) is 8.87. The van der Waals surface area contributed by atoms with Gasteiger partial charge in [0, 0.05) is 49.3 Å². The fourth-order valence-corrected chi connectivity index (χ4v) is 6.52. The normalized spacial score (nSPS) is 19.9. The molecule has 4 heterocycles. The largest absolute Gasteiger partial charge is 0.503 e. The van der Waals surface area contributed by atoms with Gasteiger partial charge in [0.1, 0.15) is 29.8 Å². The van der Waals surface area contributed by atoms with Crippen LogP contribution in [0.1, 0.15) is 24.2 Å². The van der Waals surface area contributed by atoms with Gasteiger partial charge in [0.25, 0.3) is 5.91 Å². The number of thioether (sulfide) groups is 1. The van der Waals surface area contributed by atoms with Crippen LogP contribution < -0.4 is 16.1 Å². The van der Waals surface area contributed by atoms with Gasteiger partial charge in [-0.05, 0) is 5.56 Å². The fraction of sp³-hybridized carbons (Fsp3) is 0.310. The Morgan fingerprint density at radius 3 is 2.47 bits per heavy atom. The predicted molar refractivity (Wildman–Crippen MR) is 160 cm³/mol. The van der Waals surface area contributed by atoms with E-state index in [-0.39, 0.29) is 49.0 Å². The minimum Gasteiger partial charge on any atom is -0.503 e. The van der Waals surface area contributed by atoms with Gasteiger partial charge in [0.2, 0.25) is 11.3 Å². The van der Waals surface area contributed by atoms with Crippen molar-refractivity contribution in [3.8, 4) is 5.75 Å². The first-order valence-corrected chi connectivity index (χ1v) is 15.1. The molecule has 1 unspecified atom stereocenters. The number of piperazine rings is 1. The van der Waals surface area contributed by atoms with Crippen molar-refractivity contribution < 1.29 is 48.5 Å². The number of carbonyl (C=O) groups is 7.